The lowest BCUT2D eigenvalue weighted by molar-refractivity contribution is -0.251. The van der Waals surface area contributed by atoms with Crippen LogP contribution in [0.15, 0.2) is 42.5 Å². The van der Waals surface area contributed by atoms with Gasteiger partial charge in [0.25, 0.3) is 0 Å². The number of hydrogen-bond acceptors (Lipinski definition) is 7. The molecule has 7 nitrogen and oxygen atoms in total. The van der Waals surface area contributed by atoms with Crippen LogP contribution in [0, 0.1) is 39.8 Å². The summed E-state index contributed by atoms with van der Waals surface area (Å²) in [6.45, 7) is 8.33. The zero-order valence-electron chi connectivity index (χ0n) is 20.9. The van der Waals surface area contributed by atoms with Gasteiger partial charge in [-0.25, -0.2) is 9.18 Å². The zero-order valence-corrected chi connectivity index (χ0v) is 20.9. The van der Waals surface area contributed by atoms with Crippen molar-refractivity contribution in [3.63, 3.8) is 0 Å². The fourth-order valence-electron chi connectivity index (χ4n) is 8.39. The molecule has 0 radical (unpaired) electrons. The number of esters is 2. The van der Waals surface area contributed by atoms with Crippen LogP contribution in [0.5, 0.6) is 0 Å². The Kier molecular flexibility index (Phi) is 5.35. The number of ketones is 1. The predicted octanol–water partition coefficient (Wildman–Crippen LogP) is 3.60. The van der Waals surface area contributed by atoms with Gasteiger partial charge in [-0.15, -0.1) is 0 Å². The van der Waals surface area contributed by atoms with Gasteiger partial charge in [0.2, 0.25) is 0 Å². The number of ether oxygens (including phenoxy) is 3. The van der Waals surface area contributed by atoms with Crippen LogP contribution in [-0.2, 0) is 28.6 Å². The van der Waals surface area contributed by atoms with Crippen LogP contribution in [0.4, 0.5) is 4.39 Å². The largest absolute Gasteiger partial charge is 0.461 e. The topological polar surface area (TPSA) is 99.1 Å². The van der Waals surface area contributed by atoms with Gasteiger partial charge in [-0.3, -0.25) is 9.59 Å². The summed E-state index contributed by atoms with van der Waals surface area (Å²) in [5.41, 5.74) is -1.91. The predicted molar refractivity (Wildman–Crippen MR) is 129 cm³/mol. The van der Waals surface area contributed by atoms with Crippen molar-refractivity contribution in [3.05, 3.63) is 53.9 Å². The van der Waals surface area contributed by atoms with Crippen molar-refractivity contribution in [2.75, 3.05) is 6.61 Å². The minimum atomic E-state index is -1.71. The molecular formula is C29H31FO7. The van der Waals surface area contributed by atoms with E-state index in [-0.39, 0.29) is 29.3 Å². The van der Waals surface area contributed by atoms with Gasteiger partial charge in [0.15, 0.2) is 17.5 Å². The third-order valence-electron chi connectivity index (χ3n) is 9.87. The summed E-state index contributed by atoms with van der Waals surface area (Å²) in [4.78, 5) is 40.7. The maximum absolute atomic E-state index is 13.9. The number of carbonyl (C=O) groups is 3. The molecule has 2 bridgehead atoms. The van der Waals surface area contributed by atoms with E-state index < -0.39 is 58.9 Å². The fraction of sp³-hybridized carbons (Fsp3) is 0.552. The standard InChI is InChI=1S/C29H31FO7/c1-15-18-9-10-19-28-14-35-25(33)22(28)27(2,3)13-12-20(28)36-26(34)29(19,23(15)32)24(18)37-21(31)11-6-16-4-7-17(30)8-5-16/h4-8,11,18-20,22,24-25,33H,1,9-10,12-14H2,2-3H3/b11-6+/t18-,19-,20-,22+,24+,25+,28+,29-/m0/s1. The normalized spacial score (nSPS) is 41.7. The lowest BCUT2D eigenvalue weighted by atomic mass is 9.43. The quantitative estimate of drug-likeness (QED) is 0.377. The summed E-state index contributed by atoms with van der Waals surface area (Å²) in [6, 6.07) is 5.62. The summed E-state index contributed by atoms with van der Waals surface area (Å²) in [5, 5.41) is 11.0. The molecule has 2 spiro atoms. The van der Waals surface area contributed by atoms with E-state index >= 15 is 0 Å². The minimum absolute atomic E-state index is 0.169. The van der Waals surface area contributed by atoms with Gasteiger partial charge in [-0.1, -0.05) is 32.6 Å². The molecule has 8 heteroatoms. The molecule has 3 saturated carbocycles. The summed E-state index contributed by atoms with van der Waals surface area (Å²) in [7, 11) is 0. The number of benzene rings is 1. The Morgan fingerprint density at radius 1 is 1.19 bits per heavy atom. The van der Waals surface area contributed by atoms with Crippen molar-refractivity contribution in [2.45, 2.75) is 58.0 Å². The Labute approximate surface area is 214 Å². The molecule has 1 aromatic rings. The van der Waals surface area contributed by atoms with E-state index in [9.17, 15) is 23.9 Å². The van der Waals surface area contributed by atoms with Crippen molar-refractivity contribution < 1.29 is 38.1 Å². The first-order valence-electron chi connectivity index (χ1n) is 12.9. The van der Waals surface area contributed by atoms with E-state index in [4.69, 9.17) is 14.2 Å². The highest BCUT2D eigenvalue weighted by Gasteiger charge is 2.81. The molecule has 5 aliphatic rings. The average molecular weight is 511 g/mol. The van der Waals surface area contributed by atoms with Gasteiger partial charge in [0.1, 0.15) is 18.0 Å². The number of hydrogen-bond donors (Lipinski definition) is 1. The average Bonchev–Trinajstić information content (AvgIpc) is 3.27. The van der Waals surface area contributed by atoms with Crippen molar-refractivity contribution >= 4 is 23.8 Å². The molecule has 1 aromatic carbocycles. The number of rotatable bonds is 3. The maximum atomic E-state index is 13.9. The molecule has 2 aliphatic heterocycles. The maximum Gasteiger partial charge on any atom is 0.331 e. The van der Waals surface area contributed by atoms with Gasteiger partial charge in [-0.05, 0) is 66.4 Å². The van der Waals surface area contributed by atoms with E-state index in [1.165, 1.54) is 36.4 Å². The highest BCUT2D eigenvalue weighted by molar-refractivity contribution is 6.16. The van der Waals surface area contributed by atoms with E-state index in [2.05, 4.69) is 20.4 Å². The molecule has 2 saturated heterocycles. The summed E-state index contributed by atoms with van der Waals surface area (Å²) in [5.74, 6) is -3.55. The Hall–Kier alpha value is -2.84. The van der Waals surface area contributed by atoms with E-state index in [0.717, 1.165) is 6.42 Å². The van der Waals surface area contributed by atoms with Gasteiger partial charge in [-0.2, -0.15) is 0 Å². The monoisotopic (exact) mass is 510 g/mol. The first kappa shape index (κ1) is 24.5. The Bertz CT molecular complexity index is 1220. The molecule has 6 rings (SSSR count). The zero-order chi connectivity index (χ0) is 26.3. The van der Waals surface area contributed by atoms with Crippen LogP contribution < -0.4 is 0 Å². The SMILES string of the molecule is C=C1C(=O)[C@@]23C(=O)O[C@H]4CCC(C)(C)[C@H]5[C@H](O)OC[C@@]45[C@@H]2CC[C@@H]1[C@H]3OC(=O)/C=C/c1ccc(F)cc1. The fourth-order valence-corrected chi connectivity index (χ4v) is 8.39. The molecule has 0 aromatic heterocycles. The molecule has 8 atom stereocenters. The second-order valence-electron chi connectivity index (χ2n) is 11.9. The molecular weight excluding hydrogens is 479 g/mol. The summed E-state index contributed by atoms with van der Waals surface area (Å²) >= 11 is 0. The minimum Gasteiger partial charge on any atom is -0.461 e. The van der Waals surface area contributed by atoms with Gasteiger partial charge in [0, 0.05) is 23.3 Å². The Balaban J connectivity index is 1.40. The molecule has 0 unspecified atom stereocenters. The van der Waals surface area contributed by atoms with E-state index in [1.807, 2.05) is 0 Å². The van der Waals surface area contributed by atoms with Crippen LogP contribution in [0.2, 0.25) is 0 Å². The smallest absolute Gasteiger partial charge is 0.331 e. The first-order chi connectivity index (χ1) is 17.5. The first-order valence-corrected chi connectivity index (χ1v) is 12.9. The van der Waals surface area contributed by atoms with E-state index in [0.29, 0.717) is 24.8 Å². The summed E-state index contributed by atoms with van der Waals surface area (Å²) in [6.07, 6.45) is 2.56. The van der Waals surface area contributed by atoms with Crippen LogP contribution in [0.3, 0.4) is 0 Å². The number of aliphatic hydroxyl groups is 1. The van der Waals surface area contributed by atoms with Gasteiger partial charge in [0.05, 0.1) is 6.61 Å². The second-order valence-corrected chi connectivity index (χ2v) is 11.9. The van der Waals surface area contributed by atoms with Crippen LogP contribution in [-0.4, -0.2) is 47.9 Å². The number of halogens is 1. The molecule has 196 valence electrons. The number of carbonyl (C=O) groups excluding carboxylic acids is 3. The van der Waals surface area contributed by atoms with Crippen LogP contribution in [0.25, 0.3) is 6.08 Å². The Morgan fingerprint density at radius 3 is 2.65 bits per heavy atom. The molecule has 3 aliphatic carbocycles. The summed E-state index contributed by atoms with van der Waals surface area (Å²) < 4.78 is 31.0. The highest BCUT2D eigenvalue weighted by atomic mass is 19.1. The number of Topliss-reactive ketones (excluding diaryl/α,β-unsaturated/α-hetero) is 1. The van der Waals surface area contributed by atoms with Gasteiger partial charge < -0.3 is 19.3 Å². The molecule has 1 N–H and O–H groups in total. The van der Waals surface area contributed by atoms with Crippen molar-refractivity contribution in [2.24, 2.45) is 34.0 Å². The van der Waals surface area contributed by atoms with Crippen LogP contribution in [0.1, 0.15) is 45.1 Å². The Morgan fingerprint density at radius 2 is 1.92 bits per heavy atom. The van der Waals surface area contributed by atoms with Crippen molar-refractivity contribution in [3.8, 4) is 0 Å². The number of aliphatic hydroxyl groups excluding tert-OH is 1. The van der Waals surface area contributed by atoms with Crippen LogP contribution >= 0.6 is 0 Å². The van der Waals surface area contributed by atoms with E-state index in [1.54, 1.807) is 0 Å². The molecule has 0 amide bonds. The molecule has 5 fully saturated rings. The highest BCUT2D eigenvalue weighted by Crippen LogP contribution is 2.71. The lowest BCUT2D eigenvalue weighted by Crippen LogP contribution is -2.71. The second kappa shape index (κ2) is 8.08. The third kappa shape index (κ3) is 3.15. The lowest BCUT2D eigenvalue weighted by Gasteiger charge is -2.62. The third-order valence-corrected chi connectivity index (χ3v) is 9.87. The number of fused-ring (bicyclic) bond motifs is 1. The van der Waals surface area contributed by atoms with Crippen molar-refractivity contribution in [1.29, 1.82) is 0 Å². The molecule has 2 heterocycles. The van der Waals surface area contributed by atoms with Crippen molar-refractivity contribution in [1.82, 2.24) is 0 Å². The van der Waals surface area contributed by atoms with Gasteiger partial charge >= 0.3 is 11.9 Å². The molecule has 37 heavy (non-hydrogen) atoms.